The van der Waals surface area contributed by atoms with Crippen LogP contribution < -0.4 is 5.01 Å². The van der Waals surface area contributed by atoms with Crippen LogP contribution in [0.5, 0.6) is 0 Å². The number of hydrazone groups is 1. The Morgan fingerprint density at radius 2 is 1.89 bits per heavy atom. The van der Waals surface area contributed by atoms with E-state index in [0.717, 1.165) is 28.1 Å². The van der Waals surface area contributed by atoms with Crippen LogP contribution in [0.1, 0.15) is 19.4 Å². The van der Waals surface area contributed by atoms with Crippen LogP contribution in [0, 0.1) is 5.92 Å². The molecule has 1 amide bonds. The van der Waals surface area contributed by atoms with Crippen LogP contribution in [-0.2, 0) is 11.2 Å². The molecule has 0 radical (unpaired) electrons. The summed E-state index contributed by atoms with van der Waals surface area (Å²) in [5.41, 5.74) is 3.70. The van der Waals surface area contributed by atoms with Gasteiger partial charge < -0.3 is 0 Å². The van der Waals surface area contributed by atoms with Crippen LogP contribution in [0.15, 0.2) is 64.7 Å². The van der Waals surface area contributed by atoms with E-state index in [-0.39, 0.29) is 5.91 Å². The maximum atomic E-state index is 13.0. The SMILES string of the molecule is CC(=NCCc1ccccc1)[C@@H]1C(=O)N(c2nc3ccccc3s2)N=C1C. The van der Waals surface area contributed by atoms with Gasteiger partial charge in [0.1, 0.15) is 5.92 Å². The standard InChI is InChI=1S/C21H20N4OS/c1-14(22-13-12-16-8-4-3-5-9-16)19-15(2)24-25(20(19)26)21-23-17-10-6-7-11-18(17)27-21/h3-11,19H,12-13H2,1-2H3/t19-/m0/s1. The molecular formula is C21H20N4OS. The van der Waals surface area contributed by atoms with Gasteiger partial charge in [-0.25, -0.2) is 4.98 Å². The lowest BCUT2D eigenvalue weighted by Crippen LogP contribution is -2.31. The lowest BCUT2D eigenvalue weighted by atomic mass is 9.99. The van der Waals surface area contributed by atoms with Gasteiger partial charge in [0.2, 0.25) is 5.13 Å². The van der Waals surface area contributed by atoms with Crippen molar-refractivity contribution >= 4 is 44.0 Å². The zero-order valence-electron chi connectivity index (χ0n) is 15.3. The van der Waals surface area contributed by atoms with Gasteiger partial charge in [-0.2, -0.15) is 10.1 Å². The first-order valence-corrected chi connectivity index (χ1v) is 9.74. The molecule has 2 aromatic carbocycles. The number of carbonyl (C=O) groups is 1. The number of thiazole rings is 1. The zero-order valence-corrected chi connectivity index (χ0v) is 16.1. The number of rotatable bonds is 5. The van der Waals surface area contributed by atoms with E-state index < -0.39 is 5.92 Å². The Hall–Kier alpha value is -2.86. The predicted molar refractivity (Wildman–Crippen MR) is 112 cm³/mol. The number of para-hydroxylation sites is 1. The van der Waals surface area contributed by atoms with Gasteiger partial charge in [-0.15, -0.1) is 0 Å². The van der Waals surface area contributed by atoms with E-state index >= 15 is 0 Å². The Morgan fingerprint density at radius 1 is 1.15 bits per heavy atom. The Bertz CT molecular complexity index is 1010. The number of benzene rings is 2. The molecule has 2 heterocycles. The lowest BCUT2D eigenvalue weighted by molar-refractivity contribution is -0.118. The van der Waals surface area contributed by atoms with Gasteiger partial charge in [0.15, 0.2) is 0 Å². The molecule has 0 aliphatic carbocycles. The lowest BCUT2D eigenvalue weighted by Gasteiger charge is -2.11. The normalized spacial score (nSPS) is 17.6. The number of nitrogens with zero attached hydrogens (tertiary/aromatic N) is 4. The van der Waals surface area contributed by atoms with Crippen LogP contribution in [-0.4, -0.2) is 28.9 Å². The first kappa shape index (κ1) is 17.5. The first-order valence-electron chi connectivity index (χ1n) is 8.93. The second-order valence-corrected chi connectivity index (χ2v) is 7.56. The third-order valence-electron chi connectivity index (χ3n) is 4.62. The summed E-state index contributed by atoms with van der Waals surface area (Å²) in [4.78, 5) is 22.2. The van der Waals surface area contributed by atoms with Gasteiger partial charge in [-0.3, -0.25) is 9.79 Å². The van der Waals surface area contributed by atoms with E-state index in [1.807, 2.05) is 56.3 Å². The number of aromatic nitrogens is 1. The highest BCUT2D eigenvalue weighted by Crippen LogP contribution is 2.32. The summed E-state index contributed by atoms with van der Waals surface area (Å²) in [7, 11) is 0. The Morgan fingerprint density at radius 3 is 2.67 bits per heavy atom. The Kier molecular flexibility index (Phi) is 4.81. The average molecular weight is 376 g/mol. The Balaban J connectivity index is 1.50. The molecule has 0 spiro atoms. The van der Waals surface area contributed by atoms with E-state index in [4.69, 9.17) is 0 Å². The van der Waals surface area contributed by atoms with Crippen LogP contribution >= 0.6 is 11.3 Å². The summed E-state index contributed by atoms with van der Waals surface area (Å²) in [6.45, 7) is 4.45. The molecule has 27 heavy (non-hydrogen) atoms. The molecule has 1 aromatic heterocycles. The van der Waals surface area contributed by atoms with Crippen molar-refractivity contribution in [1.82, 2.24) is 4.98 Å². The number of hydrogen-bond donors (Lipinski definition) is 0. The fraction of sp³-hybridized carbons (Fsp3) is 0.238. The van der Waals surface area contributed by atoms with Gasteiger partial charge in [-0.05, 0) is 38.0 Å². The number of fused-ring (bicyclic) bond motifs is 1. The second-order valence-electron chi connectivity index (χ2n) is 6.55. The highest BCUT2D eigenvalue weighted by molar-refractivity contribution is 7.22. The maximum absolute atomic E-state index is 13.0. The maximum Gasteiger partial charge on any atom is 0.264 e. The molecule has 3 aromatic rings. The number of anilines is 1. The van der Waals surface area contributed by atoms with Gasteiger partial charge >= 0.3 is 0 Å². The number of hydrogen-bond acceptors (Lipinski definition) is 5. The Labute approximate surface area is 162 Å². The first-order chi connectivity index (χ1) is 13.1. The van der Waals surface area contributed by atoms with Crippen LogP contribution in [0.2, 0.25) is 0 Å². The van der Waals surface area contributed by atoms with Crippen molar-refractivity contribution in [3.8, 4) is 0 Å². The summed E-state index contributed by atoms with van der Waals surface area (Å²) >= 11 is 1.48. The smallest absolute Gasteiger partial charge is 0.264 e. The molecular weight excluding hydrogens is 356 g/mol. The van der Waals surface area contributed by atoms with Gasteiger partial charge in [0, 0.05) is 12.3 Å². The molecule has 6 heteroatoms. The molecule has 1 aliphatic rings. The summed E-state index contributed by atoms with van der Waals surface area (Å²) in [5, 5.41) is 6.51. The van der Waals surface area contributed by atoms with E-state index in [0.29, 0.717) is 11.7 Å². The van der Waals surface area contributed by atoms with Crippen LogP contribution in [0.25, 0.3) is 10.2 Å². The van der Waals surface area contributed by atoms with Crippen molar-refractivity contribution in [2.45, 2.75) is 20.3 Å². The van der Waals surface area contributed by atoms with Crippen molar-refractivity contribution in [3.05, 3.63) is 60.2 Å². The monoisotopic (exact) mass is 376 g/mol. The largest absolute Gasteiger partial charge is 0.293 e. The molecule has 0 saturated carbocycles. The molecule has 0 N–H and O–H groups in total. The summed E-state index contributed by atoms with van der Waals surface area (Å²) in [6.07, 6.45) is 0.858. The van der Waals surface area contributed by atoms with Crippen molar-refractivity contribution in [1.29, 1.82) is 0 Å². The van der Waals surface area contributed by atoms with Gasteiger partial charge in [-0.1, -0.05) is 53.8 Å². The molecule has 1 aliphatic heterocycles. The number of aliphatic imine (C=N–C) groups is 1. The average Bonchev–Trinajstić information content (AvgIpc) is 3.23. The van der Waals surface area contributed by atoms with Crippen molar-refractivity contribution in [2.24, 2.45) is 16.0 Å². The summed E-state index contributed by atoms with van der Waals surface area (Å²) < 4.78 is 1.05. The highest BCUT2D eigenvalue weighted by atomic mass is 32.1. The molecule has 0 bridgehead atoms. The fourth-order valence-corrected chi connectivity index (χ4v) is 4.15. The van der Waals surface area contributed by atoms with E-state index in [2.05, 4.69) is 27.2 Å². The molecule has 136 valence electrons. The topological polar surface area (TPSA) is 57.9 Å². The molecule has 1 atom stereocenters. The minimum atomic E-state index is -0.396. The predicted octanol–water partition coefficient (Wildman–Crippen LogP) is 4.34. The molecule has 4 rings (SSSR count). The van der Waals surface area contributed by atoms with Crippen molar-refractivity contribution in [2.75, 3.05) is 11.6 Å². The van der Waals surface area contributed by atoms with Crippen LogP contribution in [0.4, 0.5) is 5.13 Å². The second kappa shape index (κ2) is 7.40. The van der Waals surface area contributed by atoms with Crippen molar-refractivity contribution < 1.29 is 4.79 Å². The molecule has 0 unspecified atom stereocenters. The number of amides is 1. The third-order valence-corrected chi connectivity index (χ3v) is 5.63. The van der Waals surface area contributed by atoms with E-state index in [1.54, 1.807) is 0 Å². The van der Waals surface area contributed by atoms with E-state index in [9.17, 15) is 4.79 Å². The molecule has 0 fully saturated rings. The van der Waals surface area contributed by atoms with E-state index in [1.165, 1.54) is 21.9 Å². The fourth-order valence-electron chi connectivity index (χ4n) is 3.23. The highest BCUT2D eigenvalue weighted by Gasteiger charge is 2.37. The van der Waals surface area contributed by atoms with Crippen molar-refractivity contribution in [3.63, 3.8) is 0 Å². The molecule has 0 saturated heterocycles. The summed E-state index contributed by atoms with van der Waals surface area (Å²) in [6, 6.07) is 18.1. The number of carbonyl (C=O) groups excluding carboxylic acids is 1. The quantitative estimate of drug-likeness (QED) is 0.622. The minimum Gasteiger partial charge on any atom is -0.293 e. The zero-order chi connectivity index (χ0) is 18.8. The van der Waals surface area contributed by atoms with Gasteiger partial charge in [0.25, 0.3) is 5.91 Å². The minimum absolute atomic E-state index is 0.0764. The van der Waals surface area contributed by atoms with Crippen LogP contribution in [0.3, 0.4) is 0 Å². The molecule has 5 nitrogen and oxygen atoms in total. The van der Waals surface area contributed by atoms with Gasteiger partial charge in [0.05, 0.1) is 15.9 Å². The summed E-state index contributed by atoms with van der Waals surface area (Å²) in [5.74, 6) is -0.472. The third kappa shape index (κ3) is 3.53.